The highest BCUT2D eigenvalue weighted by atomic mass is 16.6. The second kappa shape index (κ2) is 11.7. The van der Waals surface area contributed by atoms with E-state index in [1.807, 2.05) is 30.3 Å². The minimum atomic E-state index is -1.02. The van der Waals surface area contributed by atoms with Gasteiger partial charge in [0.05, 0.1) is 19.5 Å². The summed E-state index contributed by atoms with van der Waals surface area (Å²) < 4.78 is 22.5. The Morgan fingerprint density at radius 3 is 2.50 bits per heavy atom. The molecule has 2 rings (SSSR count). The smallest absolute Gasteiger partial charge is 0.408 e. The number of carbonyl (C=O) groups is 3. The van der Waals surface area contributed by atoms with Crippen molar-refractivity contribution in [3.8, 4) is 0 Å². The molecule has 1 N–H and O–H groups in total. The Bertz CT molecular complexity index is 800. The zero-order valence-corrected chi connectivity index (χ0v) is 19.3. The Morgan fingerprint density at radius 1 is 1.19 bits per heavy atom. The maximum Gasteiger partial charge on any atom is 0.408 e. The molecule has 0 bridgehead atoms. The van der Waals surface area contributed by atoms with Gasteiger partial charge in [-0.25, -0.2) is 9.59 Å². The number of hydrogen-bond acceptors (Lipinski definition) is 7. The third kappa shape index (κ3) is 8.70. The Balaban J connectivity index is 2.19. The fourth-order valence-electron chi connectivity index (χ4n) is 3.31. The molecule has 0 aromatic heterocycles. The highest BCUT2D eigenvalue weighted by molar-refractivity contribution is 5.86. The Labute approximate surface area is 189 Å². The van der Waals surface area contributed by atoms with Crippen molar-refractivity contribution in [2.45, 2.75) is 64.9 Å². The molecular formula is C24H33NO7. The van der Waals surface area contributed by atoms with Crippen molar-refractivity contribution in [2.75, 3.05) is 13.2 Å². The van der Waals surface area contributed by atoms with E-state index in [1.54, 1.807) is 27.7 Å². The second-order valence-corrected chi connectivity index (χ2v) is 8.84. The number of allylic oxidation sites excluding steroid dienone is 1. The molecule has 0 saturated carbocycles. The van der Waals surface area contributed by atoms with Crippen molar-refractivity contribution >= 4 is 17.8 Å². The highest BCUT2D eigenvalue weighted by Crippen LogP contribution is 2.23. The molecule has 0 radical (unpaired) electrons. The molecule has 1 aromatic rings. The zero-order valence-electron chi connectivity index (χ0n) is 19.3. The summed E-state index contributed by atoms with van der Waals surface area (Å²) in [6.07, 6.45) is 1.31. The van der Waals surface area contributed by atoms with Crippen LogP contribution < -0.4 is 5.32 Å². The number of alkyl carbamates (subject to hydrolysis) is 1. The number of benzene rings is 1. The van der Waals surface area contributed by atoms with E-state index in [0.29, 0.717) is 6.42 Å². The van der Waals surface area contributed by atoms with Gasteiger partial charge in [-0.3, -0.25) is 4.79 Å². The first-order chi connectivity index (χ1) is 15.0. The lowest BCUT2D eigenvalue weighted by molar-refractivity contribution is -0.157. The van der Waals surface area contributed by atoms with Crippen molar-refractivity contribution in [3.05, 3.63) is 48.2 Å². The molecule has 0 unspecified atom stereocenters. The zero-order chi connectivity index (χ0) is 23.7. The predicted octanol–water partition coefficient (Wildman–Crippen LogP) is 3.19. The molecule has 8 heteroatoms. The molecule has 8 nitrogen and oxygen atoms in total. The molecule has 1 heterocycles. The number of nitrogens with one attached hydrogen (secondary N) is 1. The van der Waals surface area contributed by atoms with Crippen LogP contribution in [0, 0.1) is 5.92 Å². The summed E-state index contributed by atoms with van der Waals surface area (Å²) in [4.78, 5) is 36.2. The van der Waals surface area contributed by atoms with Gasteiger partial charge in [-0.15, -0.1) is 0 Å². The first-order valence-corrected chi connectivity index (χ1v) is 10.7. The van der Waals surface area contributed by atoms with Gasteiger partial charge in [0.15, 0.2) is 11.8 Å². The normalized spacial score (nSPS) is 24.6. The van der Waals surface area contributed by atoms with E-state index < -0.39 is 35.9 Å². The van der Waals surface area contributed by atoms with Gasteiger partial charge in [-0.1, -0.05) is 30.3 Å². The van der Waals surface area contributed by atoms with Crippen LogP contribution in [0.4, 0.5) is 4.79 Å². The van der Waals surface area contributed by atoms with E-state index in [-0.39, 0.29) is 24.9 Å². The van der Waals surface area contributed by atoms with Gasteiger partial charge in [0.25, 0.3) is 0 Å². The van der Waals surface area contributed by atoms with Crippen molar-refractivity contribution in [3.63, 3.8) is 0 Å². The number of ketones is 1. The lowest BCUT2D eigenvalue weighted by Gasteiger charge is -2.30. The minimum absolute atomic E-state index is 0.0634. The molecule has 4 atom stereocenters. The maximum absolute atomic E-state index is 12.7. The van der Waals surface area contributed by atoms with Gasteiger partial charge >= 0.3 is 12.1 Å². The van der Waals surface area contributed by atoms with Crippen molar-refractivity contribution in [1.82, 2.24) is 5.32 Å². The van der Waals surface area contributed by atoms with Crippen LogP contribution in [-0.4, -0.2) is 54.9 Å². The quantitative estimate of drug-likeness (QED) is 0.406. The van der Waals surface area contributed by atoms with E-state index in [0.717, 1.165) is 5.56 Å². The number of carbonyl (C=O) groups excluding carboxylic acids is 3. The molecular weight excluding hydrogens is 414 g/mol. The Hall–Kier alpha value is -2.87. The SMILES string of the molecule is CC(=O)C=CO[C@@H]1[C@@H](Cc2ccccc2)COC[C@H](NC(=O)OC(C)(C)C)C(=O)O[C@H]1C. The van der Waals surface area contributed by atoms with Crippen LogP contribution in [0.25, 0.3) is 0 Å². The number of cyclic esters (lactones) is 1. The van der Waals surface area contributed by atoms with Gasteiger partial charge in [0.2, 0.25) is 0 Å². The maximum atomic E-state index is 12.7. The third-order valence-corrected chi connectivity index (χ3v) is 4.70. The summed E-state index contributed by atoms with van der Waals surface area (Å²) in [7, 11) is 0. The molecule has 0 aliphatic carbocycles. The van der Waals surface area contributed by atoms with Gasteiger partial charge in [0, 0.05) is 12.0 Å². The van der Waals surface area contributed by atoms with Crippen LogP contribution in [0.5, 0.6) is 0 Å². The van der Waals surface area contributed by atoms with E-state index in [4.69, 9.17) is 18.9 Å². The molecule has 32 heavy (non-hydrogen) atoms. The molecule has 1 amide bonds. The Morgan fingerprint density at radius 2 is 1.88 bits per heavy atom. The van der Waals surface area contributed by atoms with Gasteiger partial charge in [-0.05, 0) is 46.6 Å². The lowest BCUT2D eigenvalue weighted by Crippen LogP contribution is -2.47. The topological polar surface area (TPSA) is 100 Å². The average molecular weight is 448 g/mol. The van der Waals surface area contributed by atoms with Crippen LogP contribution >= 0.6 is 0 Å². The van der Waals surface area contributed by atoms with Crippen LogP contribution in [-0.2, 0) is 35.0 Å². The second-order valence-electron chi connectivity index (χ2n) is 8.84. The van der Waals surface area contributed by atoms with Crippen molar-refractivity contribution in [1.29, 1.82) is 0 Å². The van der Waals surface area contributed by atoms with E-state index in [1.165, 1.54) is 19.3 Å². The van der Waals surface area contributed by atoms with Crippen molar-refractivity contribution in [2.24, 2.45) is 5.92 Å². The van der Waals surface area contributed by atoms with E-state index in [2.05, 4.69) is 5.32 Å². The first kappa shape index (κ1) is 25.4. The monoisotopic (exact) mass is 447 g/mol. The summed E-state index contributed by atoms with van der Waals surface area (Å²) in [5.41, 5.74) is 0.370. The molecule has 1 saturated heterocycles. The molecule has 0 spiro atoms. The highest BCUT2D eigenvalue weighted by Gasteiger charge is 2.36. The Kier molecular flexibility index (Phi) is 9.26. The van der Waals surface area contributed by atoms with Crippen LogP contribution in [0.15, 0.2) is 42.7 Å². The summed E-state index contributed by atoms with van der Waals surface area (Å²) in [5, 5.41) is 2.52. The van der Waals surface area contributed by atoms with Gasteiger partial charge < -0.3 is 24.3 Å². The third-order valence-electron chi connectivity index (χ3n) is 4.70. The minimum Gasteiger partial charge on any atom is -0.494 e. The van der Waals surface area contributed by atoms with Crippen LogP contribution in [0.3, 0.4) is 0 Å². The number of esters is 1. The standard InChI is InChI=1S/C24H33NO7/c1-16(26)11-12-30-21-17(2)31-22(27)20(25-23(28)32-24(3,4)5)15-29-14-19(21)13-18-9-7-6-8-10-18/h6-12,17,19-21H,13-15H2,1-5H3,(H,25,28)/t17-,19-,20-,21-/m0/s1. The summed E-state index contributed by atoms with van der Waals surface area (Å²) >= 11 is 0. The van der Waals surface area contributed by atoms with E-state index >= 15 is 0 Å². The molecule has 1 fully saturated rings. The predicted molar refractivity (Wildman–Crippen MR) is 118 cm³/mol. The molecule has 1 aliphatic heterocycles. The van der Waals surface area contributed by atoms with Gasteiger partial charge in [-0.2, -0.15) is 0 Å². The first-order valence-electron chi connectivity index (χ1n) is 10.7. The molecule has 1 aliphatic rings. The molecule has 1 aromatic carbocycles. The summed E-state index contributed by atoms with van der Waals surface area (Å²) in [6, 6.07) is 8.81. The van der Waals surface area contributed by atoms with Crippen LogP contribution in [0.1, 0.15) is 40.2 Å². The number of amides is 1. The van der Waals surface area contributed by atoms with Crippen LogP contribution in [0.2, 0.25) is 0 Å². The fraction of sp³-hybridized carbons (Fsp3) is 0.542. The van der Waals surface area contributed by atoms with E-state index in [9.17, 15) is 14.4 Å². The number of rotatable bonds is 6. The number of ether oxygens (including phenoxy) is 4. The van der Waals surface area contributed by atoms with Crippen molar-refractivity contribution < 1.29 is 33.3 Å². The van der Waals surface area contributed by atoms with Gasteiger partial charge in [0.1, 0.15) is 17.8 Å². The lowest BCUT2D eigenvalue weighted by atomic mass is 9.91. The summed E-state index contributed by atoms with van der Waals surface area (Å²) in [6.45, 7) is 8.54. The fourth-order valence-corrected chi connectivity index (χ4v) is 3.31. The summed E-state index contributed by atoms with van der Waals surface area (Å²) in [5.74, 6) is -0.972. The number of hydrogen-bond donors (Lipinski definition) is 1. The average Bonchev–Trinajstić information content (AvgIpc) is 2.72. The largest absolute Gasteiger partial charge is 0.494 e. The molecule has 176 valence electrons.